The van der Waals surface area contributed by atoms with Crippen molar-refractivity contribution in [1.82, 2.24) is 10.2 Å². The quantitative estimate of drug-likeness (QED) is 0.690. The van der Waals surface area contributed by atoms with E-state index in [-0.39, 0.29) is 6.03 Å². The highest BCUT2D eigenvalue weighted by molar-refractivity contribution is 7.16. The lowest BCUT2D eigenvalue weighted by Crippen LogP contribution is -2.19. The number of nitrogens with one attached hydrogen (secondary N) is 2. The molecule has 1 aromatic heterocycles. The Kier molecular flexibility index (Phi) is 5.20. The van der Waals surface area contributed by atoms with Crippen LogP contribution in [0, 0.1) is 0 Å². The van der Waals surface area contributed by atoms with E-state index in [2.05, 4.69) is 20.8 Å². The van der Waals surface area contributed by atoms with Gasteiger partial charge in [0.2, 0.25) is 5.13 Å². The van der Waals surface area contributed by atoms with Crippen molar-refractivity contribution < 1.29 is 4.79 Å². The predicted molar refractivity (Wildman–Crippen MR) is 99.4 cm³/mol. The number of hydrogen-bond donors (Lipinski definition) is 2. The van der Waals surface area contributed by atoms with Gasteiger partial charge in [-0.05, 0) is 35.9 Å². The van der Waals surface area contributed by atoms with Gasteiger partial charge in [0.1, 0.15) is 5.01 Å². The van der Waals surface area contributed by atoms with Crippen LogP contribution < -0.4 is 10.6 Å². The fraction of sp³-hybridized carbons (Fsp3) is 0. The Morgan fingerprint density at radius 1 is 0.958 bits per heavy atom. The summed E-state index contributed by atoms with van der Waals surface area (Å²) in [5, 5.41) is 15.1. The van der Waals surface area contributed by atoms with Crippen LogP contribution in [0.15, 0.2) is 54.6 Å². The summed E-state index contributed by atoms with van der Waals surface area (Å²) in [7, 11) is 0. The van der Waals surface area contributed by atoms with Gasteiger partial charge in [0.05, 0.1) is 0 Å². The molecule has 7 heteroatoms. The number of amides is 2. The molecular weight excluding hydrogens is 344 g/mol. The molecule has 3 aromatic rings. The molecular formula is C17H13ClN4OS. The van der Waals surface area contributed by atoms with Gasteiger partial charge in [-0.1, -0.05) is 59.3 Å². The summed E-state index contributed by atoms with van der Waals surface area (Å²) < 4.78 is 0. The smallest absolute Gasteiger partial charge is 0.308 e. The monoisotopic (exact) mass is 356 g/mol. The Labute approximate surface area is 148 Å². The summed E-state index contributed by atoms with van der Waals surface area (Å²) >= 11 is 7.09. The van der Waals surface area contributed by atoms with E-state index in [9.17, 15) is 4.79 Å². The number of carbonyl (C=O) groups excluding carboxylic acids is 1. The largest absolute Gasteiger partial charge is 0.325 e. The number of nitrogens with zero attached hydrogens (tertiary/aromatic N) is 2. The first-order valence-electron chi connectivity index (χ1n) is 7.09. The molecule has 0 atom stereocenters. The number of hydrogen-bond acceptors (Lipinski definition) is 4. The van der Waals surface area contributed by atoms with Crippen molar-refractivity contribution in [2.45, 2.75) is 0 Å². The van der Waals surface area contributed by atoms with E-state index in [1.54, 1.807) is 24.3 Å². The Bertz CT molecular complexity index is 847. The second-order valence-electron chi connectivity index (χ2n) is 4.78. The molecule has 120 valence electrons. The standard InChI is InChI=1S/C17H13ClN4OS/c18-13-7-9-14(10-8-13)19-16(23)20-17-22-21-15(24-17)11-6-12-4-2-1-3-5-12/h1-11H,(H2,19,20,22,23). The number of aromatic nitrogens is 2. The Morgan fingerprint density at radius 3 is 2.46 bits per heavy atom. The molecule has 0 bridgehead atoms. The topological polar surface area (TPSA) is 66.9 Å². The van der Waals surface area contributed by atoms with E-state index in [1.807, 2.05) is 42.5 Å². The summed E-state index contributed by atoms with van der Waals surface area (Å²) in [6.07, 6.45) is 3.80. The van der Waals surface area contributed by atoms with Crippen LogP contribution in [0.25, 0.3) is 12.2 Å². The van der Waals surface area contributed by atoms with Crippen molar-refractivity contribution in [3.05, 3.63) is 70.2 Å². The van der Waals surface area contributed by atoms with E-state index in [4.69, 9.17) is 11.6 Å². The summed E-state index contributed by atoms with van der Waals surface area (Å²) in [6, 6.07) is 16.3. The molecule has 0 unspecified atom stereocenters. The first-order chi connectivity index (χ1) is 11.7. The minimum Gasteiger partial charge on any atom is -0.308 e. The summed E-state index contributed by atoms with van der Waals surface area (Å²) in [4.78, 5) is 11.9. The minimum absolute atomic E-state index is 0.382. The Hall–Kier alpha value is -2.70. The molecule has 1 heterocycles. The van der Waals surface area contributed by atoms with Crippen LogP contribution in [0.2, 0.25) is 5.02 Å². The molecule has 3 rings (SSSR count). The molecule has 0 aliphatic rings. The highest BCUT2D eigenvalue weighted by Gasteiger charge is 2.07. The van der Waals surface area contributed by atoms with E-state index < -0.39 is 0 Å². The third-order valence-electron chi connectivity index (χ3n) is 2.98. The molecule has 0 aliphatic carbocycles. The zero-order valence-corrected chi connectivity index (χ0v) is 14.0. The molecule has 0 spiro atoms. The van der Waals surface area contributed by atoms with Crippen LogP contribution >= 0.6 is 22.9 Å². The lowest BCUT2D eigenvalue weighted by molar-refractivity contribution is 0.262. The Morgan fingerprint density at radius 2 is 1.71 bits per heavy atom. The van der Waals surface area contributed by atoms with Crippen LogP contribution in [-0.2, 0) is 0 Å². The molecule has 2 amide bonds. The molecule has 0 radical (unpaired) electrons. The number of halogens is 1. The molecule has 5 nitrogen and oxygen atoms in total. The number of urea groups is 1. The van der Waals surface area contributed by atoms with Crippen molar-refractivity contribution >= 4 is 51.9 Å². The van der Waals surface area contributed by atoms with Crippen molar-refractivity contribution in [1.29, 1.82) is 0 Å². The first-order valence-corrected chi connectivity index (χ1v) is 8.29. The van der Waals surface area contributed by atoms with Gasteiger partial charge in [0.15, 0.2) is 0 Å². The average Bonchev–Trinajstić information content (AvgIpc) is 3.03. The second-order valence-corrected chi connectivity index (χ2v) is 6.22. The highest BCUT2D eigenvalue weighted by atomic mass is 35.5. The third kappa shape index (κ3) is 4.65. The third-order valence-corrected chi connectivity index (χ3v) is 4.04. The van der Waals surface area contributed by atoms with Crippen molar-refractivity contribution in [2.24, 2.45) is 0 Å². The molecule has 2 aromatic carbocycles. The van der Waals surface area contributed by atoms with Gasteiger partial charge in [-0.3, -0.25) is 5.32 Å². The molecule has 2 N–H and O–H groups in total. The van der Waals surface area contributed by atoms with E-state index in [1.165, 1.54) is 11.3 Å². The summed E-state index contributed by atoms with van der Waals surface area (Å²) in [6.45, 7) is 0. The minimum atomic E-state index is -0.382. The fourth-order valence-electron chi connectivity index (χ4n) is 1.88. The molecule has 0 saturated heterocycles. The highest BCUT2D eigenvalue weighted by Crippen LogP contribution is 2.18. The molecule has 0 fully saturated rings. The van der Waals surface area contributed by atoms with Gasteiger partial charge < -0.3 is 5.32 Å². The second kappa shape index (κ2) is 7.72. The van der Waals surface area contributed by atoms with Gasteiger partial charge >= 0.3 is 6.03 Å². The predicted octanol–water partition coefficient (Wildman–Crippen LogP) is 5.01. The lowest BCUT2D eigenvalue weighted by Gasteiger charge is -2.04. The molecule has 24 heavy (non-hydrogen) atoms. The molecule has 0 saturated carbocycles. The maximum atomic E-state index is 11.9. The average molecular weight is 357 g/mol. The normalized spacial score (nSPS) is 10.7. The van der Waals surface area contributed by atoms with Gasteiger partial charge in [0.25, 0.3) is 0 Å². The fourth-order valence-corrected chi connectivity index (χ4v) is 2.64. The van der Waals surface area contributed by atoms with Gasteiger partial charge in [-0.2, -0.15) is 0 Å². The summed E-state index contributed by atoms with van der Waals surface area (Å²) in [5.41, 5.74) is 1.72. The van der Waals surface area contributed by atoms with Gasteiger partial charge in [0, 0.05) is 10.7 Å². The van der Waals surface area contributed by atoms with Gasteiger partial charge in [-0.25, -0.2) is 4.79 Å². The summed E-state index contributed by atoms with van der Waals surface area (Å²) in [5.74, 6) is 0. The van der Waals surface area contributed by atoms with Crippen molar-refractivity contribution in [2.75, 3.05) is 10.6 Å². The van der Waals surface area contributed by atoms with Crippen LogP contribution in [-0.4, -0.2) is 16.2 Å². The first kappa shape index (κ1) is 16.2. The van der Waals surface area contributed by atoms with Crippen molar-refractivity contribution in [3.63, 3.8) is 0 Å². The Balaban J connectivity index is 1.58. The number of benzene rings is 2. The van der Waals surface area contributed by atoms with E-state index >= 15 is 0 Å². The van der Waals surface area contributed by atoms with Crippen LogP contribution in [0.3, 0.4) is 0 Å². The number of rotatable bonds is 4. The SMILES string of the molecule is O=C(Nc1ccc(Cl)cc1)Nc1nnc(C=Cc2ccccc2)s1. The molecule has 0 aliphatic heterocycles. The number of anilines is 2. The van der Waals surface area contributed by atoms with Crippen molar-refractivity contribution in [3.8, 4) is 0 Å². The van der Waals surface area contributed by atoms with Crippen LogP contribution in [0.5, 0.6) is 0 Å². The maximum absolute atomic E-state index is 11.9. The van der Waals surface area contributed by atoms with Gasteiger partial charge in [-0.15, -0.1) is 10.2 Å². The van der Waals surface area contributed by atoms with Crippen LogP contribution in [0.4, 0.5) is 15.6 Å². The lowest BCUT2D eigenvalue weighted by atomic mass is 10.2. The van der Waals surface area contributed by atoms with Crippen LogP contribution in [0.1, 0.15) is 10.6 Å². The maximum Gasteiger partial charge on any atom is 0.325 e. The number of carbonyl (C=O) groups is 1. The zero-order chi connectivity index (χ0) is 16.8. The van der Waals surface area contributed by atoms with E-state index in [0.29, 0.717) is 20.8 Å². The van der Waals surface area contributed by atoms with E-state index in [0.717, 1.165) is 5.56 Å². The zero-order valence-electron chi connectivity index (χ0n) is 12.4.